The molecule has 1 aliphatic carbocycles. The number of carbonyl (C=O) groups is 1. The number of nitrogens with one attached hydrogen (secondary N) is 1. The molecule has 1 saturated heterocycles. The molecular formula is C18H26N2O. The van der Waals surface area contributed by atoms with Crippen molar-refractivity contribution >= 4 is 5.91 Å². The van der Waals surface area contributed by atoms with Crippen molar-refractivity contribution in [3.63, 3.8) is 0 Å². The second kappa shape index (κ2) is 6.18. The molecule has 3 rings (SSSR count). The van der Waals surface area contributed by atoms with E-state index in [0.29, 0.717) is 18.4 Å². The molecule has 21 heavy (non-hydrogen) atoms. The van der Waals surface area contributed by atoms with Crippen LogP contribution in [0, 0.1) is 11.8 Å². The van der Waals surface area contributed by atoms with Crippen molar-refractivity contribution in [2.24, 2.45) is 11.8 Å². The van der Waals surface area contributed by atoms with Gasteiger partial charge in [-0.05, 0) is 50.6 Å². The average molecular weight is 286 g/mol. The molecule has 1 heterocycles. The van der Waals surface area contributed by atoms with Crippen LogP contribution in [0.5, 0.6) is 0 Å². The Morgan fingerprint density at radius 3 is 2.76 bits per heavy atom. The smallest absolute Gasteiger partial charge is 0.240 e. The predicted octanol–water partition coefficient (Wildman–Crippen LogP) is 2.81. The average Bonchev–Trinajstić information content (AvgIpc) is 3.07. The van der Waals surface area contributed by atoms with Crippen molar-refractivity contribution in [2.75, 3.05) is 6.54 Å². The number of hydrogen-bond acceptors (Lipinski definition) is 2. The van der Waals surface area contributed by atoms with Crippen LogP contribution in [0.4, 0.5) is 0 Å². The van der Waals surface area contributed by atoms with Gasteiger partial charge in [0.05, 0.1) is 6.04 Å². The van der Waals surface area contributed by atoms with Crippen molar-refractivity contribution < 1.29 is 4.79 Å². The summed E-state index contributed by atoms with van der Waals surface area (Å²) in [5, 5.41) is 3.49. The molecule has 3 atom stereocenters. The fourth-order valence-corrected chi connectivity index (χ4v) is 3.93. The van der Waals surface area contributed by atoms with Crippen LogP contribution in [0.3, 0.4) is 0 Å². The summed E-state index contributed by atoms with van der Waals surface area (Å²) in [6.07, 6.45) is 3.80. The highest BCUT2D eigenvalue weighted by molar-refractivity contribution is 5.83. The van der Waals surface area contributed by atoms with Gasteiger partial charge in [0.15, 0.2) is 0 Å². The Labute approximate surface area is 127 Å². The summed E-state index contributed by atoms with van der Waals surface area (Å²) in [4.78, 5) is 15.0. The molecule has 3 unspecified atom stereocenters. The van der Waals surface area contributed by atoms with Gasteiger partial charge < -0.3 is 10.2 Å². The molecular weight excluding hydrogens is 260 g/mol. The van der Waals surface area contributed by atoms with Crippen molar-refractivity contribution in [3.05, 3.63) is 35.9 Å². The molecule has 1 aromatic rings. The number of hydrogen-bond donors (Lipinski definition) is 1. The zero-order valence-corrected chi connectivity index (χ0v) is 13.1. The first kappa shape index (κ1) is 14.6. The van der Waals surface area contributed by atoms with Crippen molar-refractivity contribution in [3.8, 4) is 0 Å². The number of amides is 1. The van der Waals surface area contributed by atoms with Crippen LogP contribution in [-0.4, -0.2) is 29.4 Å². The summed E-state index contributed by atoms with van der Waals surface area (Å²) in [6.45, 7) is 5.97. The molecule has 1 saturated carbocycles. The normalized spacial score (nSPS) is 27.9. The van der Waals surface area contributed by atoms with Crippen molar-refractivity contribution in [1.82, 2.24) is 10.2 Å². The lowest BCUT2D eigenvalue weighted by Crippen LogP contribution is -2.48. The van der Waals surface area contributed by atoms with E-state index in [4.69, 9.17) is 0 Å². The summed E-state index contributed by atoms with van der Waals surface area (Å²) in [6, 6.07) is 10.6. The SMILES string of the molecule is CC(C)N(Cc1ccccc1)C(=O)C1NCC2CCCC21. The highest BCUT2D eigenvalue weighted by Crippen LogP contribution is 2.38. The van der Waals surface area contributed by atoms with E-state index in [2.05, 4.69) is 31.3 Å². The van der Waals surface area contributed by atoms with Gasteiger partial charge in [-0.25, -0.2) is 0 Å². The number of benzene rings is 1. The van der Waals surface area contributed by atoms with Crippen LogP contribution in [0.25, 0.3) is 0 Å². The van der Waals surface area contributed by atoms with Gasteiger partial charge in [0, 0.05) is 12.6 Å². The van der Waals surface area contributed by atoms with E-state index in [1.54, 1.807) is 0 Å². The lowest BCUT2D eigenvalue weighted by atomic mass is 9.93. The molecule has 0 radical (unpaired) electrons. The lowest BCUT2D eigenvalue weighted by Gasteiger charge is -2.31. The Bertz CT molecular complexity index is 485. The van der Waals surface area contributed by atoms with Crippen molar-refractivity contribution in [2.45, 2.75) is 51.7 Å². The Morgan fingerprint density at radius 1 is 1.29 bits per heavy atom. The first-order valence-electron chi connectivity index (χ1n) is 8.24. The maximum absolute atomic E-state index is 13.0. The highest BCUT2D eigenvalue weighted by atomic mass is 16.2. The molecule has 3 heteroatoms. The van der Waals surface area contributed by atoms with Gasteiger partial charge in [-0.3, -0.25) is 4.79 Å². The third-order valence-corrected chi connectivity index (χ3v) is 5.11. The van der Waals surface area contributed by atoms with Crippen LogP contribution in [-0.2, 0) is 11.3 Å². The molecule has 1 aliphatic heterocycles. The van der Waals surface area contributed by atoms with Crippen LogP contribution < -0.4 is 5.32 Å². The van der Waals surface area contributed by atoms with E-state index >= 15 is 0 Å². The van der Waals surface area contributed by atoms with Gasteiger partial charge in [-0.1, -0.05) is 36.8 Å². The molecule has 0 spiro atoms. The van der Waals surface area contributed by atoms with Gasteiger partial charge in [0.25, 0.3) is 0 Å². The first-order valence-corrected chi connectivity index (χ1v) is 8.24. The monoisotopic (exact) mass is 286 g/mol. The molecule has 3 nitrogen and oxygen atoms in total. The minimum Gasteiger partial charge on any atom is -0.335 e. The molecule has 1 aromatic carbocycles. The summed E-state index contributed by atoms with van der Waals surface area (Å²) in [5.41, 5.74) is 1.21. The Kier molecular flexibility index (Phi) is 4.29. The number of rotatable bonds is 4. The largest absolute Gasteiger partial charge is 0.335 e. The maximum atomic E-state index is 13.0. The molecule has 2 aliphatic rings. The van der Waals surface area contributed by atoms with Crippen molar-refractivity contribution in [1.29, 1.82) is 0 Å². The minimum atomic E-state index is 0.0450. The van der Waals surface area contributed by atoms with Crippen LogP contribution in [0.1, 0.15) is 38.7 Å². The number of carbonyl (C=O) groups excluding carboxylic acids is 1. The number of nitrogens with zero attached hydrogens (tertiary/aromatic N) is 1. The van der Waals surface area contributed by atoms with Crippen LogP contribution in [0.2, 0.25) is 0 Å². The van der Waals surface area contributed by atoms with Gasteiger partial charge in [0.1, 0.15) is 0 Å². The maximum Gasteiger partial charge on any atom is 0.240 e. The molecule has 114 valence electrons. The fraction of sp³-hybridized carbons (Fsp3) is 0.611. The van der Waals surface area contributed by atoms with E-state index in [1.807, 2.05) is 23.1 Å². The second-order valence-electron chi connectivity index (χ2n) is 6.79. The third kappa shape index (κ3) is 2.98. The van der Waals surface area contributed by atoms with Gasteiger partial charge in [-0.15, -0.1) is 0 Å². The standard InChI is InChI=1S/C18H26N2O/c1-13(2)20(12-14-7-4-3-5-8-14)18(21)17-16-10-6-9-15(16)11-19-17/h3-5,7-8,13,15-17,19H,6,9-12H2,1-2H3. The number of fused-ring (bicyclic) bond motifs is 1. The van der Waals surface area contributed by atoms with Gasteiger partial charge >= 0.3 is 0 Å². The fourth-order valence-electron chi connectivity index (χ4n) is 3.93. The van der Waals surface area contributed by atoms with E-state index in [0.717, 1.165) is 12.5 Å². The quantitative estimate of drug-likeness (QED) is 0.923. The van der Waals surface area contributed by atoms with E-state index < -0.39 is 0 Å². The summed E-state index contributed by atoms with van der Waals surface area (Å²) >= 11 is 0. The van der Waals surface area contributed by atoms with Gasteiger partial charge in [0.2, 0.25) is 5.91 Å². The zero-order chi connectivity index (χ0) is 14.8. The highest BCUT2D eigenvalue weighted by Gasteiger charge is 2.44. The van der Waals surface area contributed by atoms with Crippen LogP contribution >= 0.6 is 0 Å². The van der Waals surface area contributed by atoms with E-state index in [-0.39, 0.29) is 12.1 Å². The molecule has 2 fully saturated rings. The zero-order valence-electron chi connectivity index (χ0n) is 13.1. The third-order valence-electron chi connectivity index (χ3n) is 5.11. The Balaban J connectivity index is 1.73. The predicted molar refractivity (Wildman–Crippen MR) is 84.7 cm³/mol. The Morgan fingerprint density at radius 2 is 2.05 bits per heavy atom. The Hall–Kier alpha value is -1.35. The molecule has 1 amide bonds. The molecule has 0 aromatic heterocycles. The molecule has 0 bridgehead atoms. The minimum absolute atomic E-state index is 0.0450. The topological polar surface area (TPSA) is 32.3 Å². The summed E-state index contributed by atoms with van der Waals surface area (Å²) in [7, 11) is 0. The van der Waals surface area contributed by atoms with Gasteiger partial charge in [-0.2, -0.15) is 0 Å². The van der Waals surface area contributed by atoms with E-state index in [1.165, 1.54) is 24.8 Å². The summed E-state index contributed by atoms with van der Waals surface area (Å²) < 4.78 is 0. The molecule has 1 N–H and O–H groups in total. The first-order chi connectivity index (χ1) is 10.2. The lowest BCUT2D eigenvalue weighted by molar-refractivity contribution is -0.136. The van der Waals surface area contributed by atoms with Crippen LogP contribution in [0.15, 0.2) is 30.3 Å². The summed E-state index contributed by atoms with van der Waals surface area (Å²) in [5.74, 6) is 1.59. The second-order valence-corrected chi connectivity index (χ2v) is 6.79. The van der Waals surface area contributed by atoms with E-state index in [9.17, 15) is 4.79 Å².